The first kappa shape index (κ1) is 41.5. The molecule has 0 amide bonds. The molecule has 348 valence electrons. The Morgan fingerprint density at radius 1 is 0.315 bits per heavy atom. The molecule has 4 aromatic heterocycles. The van der Waals surface area contributed by atoms with Crippen LogP contribution in [0, 0.1) is 13.8 Å². The van der Waals surface area contributed by atoms with Crippen LogP contribution in [0.3, 0.4) is 0 Å². The van der Waals surface area contributed by atoms with Gasteiger partial charge in [-0.1, -0.05) is 123 Å². The number of hydrogen-bond acceptors (Lipinski definition) is 6. The van der Waals surface area contributed by atoms with Crippen LogP contribution in [0.15, 0.2) is 218 Å². The molecule has 0 radical (unpaired) electrons. The van der Waals surface area contributed by atoms with Gasteiger partial charge in [-0.2, -0.15) is 0 Å². The number of para-hydroxylation sites is 6. The van der Waals surface area contributed by atoms with Crippen LogP contribution in [0.25, 0.3) is 109 Å². The number of rotatable bonds is 7. The summed E-state index contributed by atoms with van der Waals surface area (Å²) in [6, 6.07) is 71.2. The first-order chi connectivity index (χ1) is 35.8. The number of aryl methyl sites for hydroxylation is 2. The Balaban J connectivity index is 0.891. The Hall–Kier alpha value is -9.26. The number of benzene rings is 11. The Bertz CT molecular complexity index is 4770. The van der Waals surface area contributed by atoms with Crippen molar-refractivity contribution in [2.45, 2.75) is 33.6 Å². The third kappa shape index (κ3) is 6.23. The molecule has 0 aliphatic carbocycles. The van der Waals surface area contributed by atoms with Gasteiger partial charge in [-0.3, -0.25) is 0 Å². The molecule has 0 saturated heterocycles. The normalized spacial score (nSPS) is 12.2. The summed E-state index contributed by atoms with van der Waals surface area (Å²) in [6.45, 7) is 8.86. The average molecular weight is 943 g/mol. The van der Waals surface area contributed by atoms with Gasteiger partial charge in [-0.25, -0.2) is 0 Å². The zero-order valence-electron chi connectivity index (χ0n) is 40.7. The van der Waals surface area contributed by atoms with Gasteiger partial charge in [0.2, 0.25) is 0 Å². The van der Waals surface area contributed by atoms with E-state index in [0.717, 1.165) is 155 Å². The third-order valence-corrected chi connectivity index (χ3v) is 15.2. The van der Waals surface area contributed by atoms with Crippen molar-refractivity contribution in [3.63, 3.8) is 0 Å². The highest BCUT2D eigenvalue weighted by Gasteiger charge is 2.26. The topological polar surface area (TPSA) is 59.0 Å². The minimum absolute atomic E-state index is 0.228. The van der Waals surface area contributed by atoms with Crippen LogP contribution in [-0.4, -0.2) is 0 Å². The molecule has 0 atom stereocenters. The number of nitrogens with zero attached hydrogens (tertiary/aromatic N) is 2. The van der Waals surface area contributed by atoms with Crippen molar-refractivity contribution in [2.24, 2.45) is 0 Å². The van der Waals surface area contributed by atoms with Crippen LogP contribution in [0.4, 0.5) is 34.1 Å². The van der Waals surface area contributed by atoms with E-state index in [2.05, 4.69) is 213 Å². The summed E-state index contributed by atoms with van der Waals surface area (Å²) in [6.07, 6.45) is 0. The van der Waals surface area contributed by atoms with Crippen molar-refractivity contribution < 1.29 is 17.7 Å². The lowest BCUT2D eigenvalue weighted by Crippen LogP contribution is -2.11. The second-order valence-electron chi connectivity index (χ2n) is 19.9. The second-order valence-corrected chi connectivity index (χ2v) is 19.9. The van der Waals surface area contributed by atoms with E-state index in [1.807, 2.05) is 24.3 Å². The lowest BCUT2D eigenvalue weighted by molar-refractivity contribution is 0.633. The average Bonchev–Trinajstić information content (AvgIpc) is 4.19. The molecule has 11 aromatic carbocycles. The summed E-state index contributed by atoms with van der Waals surface area (Å²) in [5.41, 5.74) is 16.3. The summed E-state index contributed by atoms with van der Waals surface area (Å²) in [5, 5.41) is 13.1. The predicted octanol–water partition coefficient (Wildman–Crippen LogP) is 20.3. The molecule has 15 aromatic rings. The summed E-state index contributed by atoms with van der Waals surface area (Å²) in [4.78, 5) is 4.65. The van der Waals surface area contributed by atoms with Gasteiger partial charge < -0.3 is 27.5 Å². The zero-order valence-corrected chi connectivity index (χ0v) is 40.7. The van der Waals surface area contributed by atoms with Crippen LogP contribution in [0.2, 0.25) is 0 Å². The number of hydrogen-bond donors (Lipinski definition) is 0. The van der Waals surface area contributed by atoms with Gasteiger partial charge in [0.1, 0.15) is 22.3 Å². The van der Waals surface area contributed by atoms with E-state index in [1.54, 1.807) is 0 Å². The minimum atomic E-state index is 0.228. The molecule has 0 unspecified atom stereocenters. The fraction of sp³-hybridized carbons (Fsp3) is 0.0746. The van der Waals surface area contributed by atoms with Gasteiger partial charge in [0.05, 0.1) is 11.4 Å². The Kier molecular flexibility index (Phi) is 8.88. The summed E-state index contributed by atoms with van der Waals surface area (Å²) < 4.78 is 27.3. The predicted molar refractivity (Wildman–Crippen MR) is 303 cm³/mol. The molecular formula is C67H46N2O4. The van der Waals surface area contributed by atoms with Crippen LogP contribution < -0.4 is 9.80 Å². The Morgan fingerprint density at radius 3 is 1.32 bits per heavy atom. The molecule has 0 spiro atoms. The summed E-state index contributed by atoms with van der Waals surface area (Å²) in [7, 11) is 0. The monoisotopic (exact) mass is 942 g/mol. The van der Waals surface area contributed by atoms with Gasteiger partial charge in [0, 0.05) is 65.8 Å². The summed E-state index contributed by atoms with van der Waals surface area (Å²) in [5.74, 6) is 0.228. The molecule has 4 heterocycles. The van der Waals surface area contributed by atoms with Gasteiger partial charge in [0.25, 0.3) is 0 Å². The smallest absolute Gasteiger partial charge is 0.178 e. The van der Waals surface area contributed by atoms with Crippen molar-refractivity contribution in [2.75, 3.05) is 9.80 Å². The highest BCUT2D eigenvalue weighted by atomic mass is 16.4. The lowest BCUT2D eigenvalue weighted by Gasteiger charge is -2.27. The van der Waals surface area contributed by atoms with E-state index in [-0.39, 0.29) is 5.92 Å². The van der Waals surface area contributed by atoms with Gasteiger partial charge in [0.15, 0.2) is 22.3 Å². The fourth-order valence-electron chi connectivity index (χ4n) is 11.7. The molecule has 0 N–H and O–H groups in total. The van der Waals surface area contributed by atoms with Crippen LogP contribution in [0.5, 0.6) is 0 Å². The van der Waals surface area contributed by atoms with Crippen molar-refractivity contribution in [3.05, 3.63) is 217 Å². The van der Waals surface area contributed by atoms with Crippen molar-refractivity contribution in [1.29, 1.82) is 0 Å². The van der Waals surface area contributed by atoms with Crippen molar-refractivity contribution >= 4 is 143 Å². The van der Waals surface area contributed by atoms with Gasteiger partial charge in [-0.05, 0) is 149 Å². The zero-order chi connectivity index (χ0) is 48.6. The fourth-order valence-corrected chi connectivity index (χ4v) is 11.7. The molecule has 73 heavy (non-hydrogen) atoms. The Labute approximate surface area is 419 Å². The van der Waals surface area contributed by atoms with Gasteiger partial charge >= 0.3 is 0 Å². The number of fused-ring (bicyclic) bond motifs is 15. The molecule has 15 rings (SSSR count). The molecule has 0 bridgehead atoms. The van der Waals surface area contributed by atoms with Crippen LogP contribution >= 0.6 is 0 Å². The maximum atomic E-state index is 7.05. The first-order valence-corrected chi connectivity index (χ1v) is 25.1. The molecule has 0 saturated carbocycles. The second kappa shape index (κ2) is 15.6. The van der Waals surface area contributed by atoms with E-state index in [0.29, 0.717) is 0 Å². The maximum Gasteiger partial charge on any atom is 0.178 e. The van der Waals surface area contributed by atoms with E-state index in [4.69, 9.17) is 17.7 Å². The van der Waals surface area contributed by atoms with E-state index in [9.17, 15) is 0 Å². The van der Waals surface area contributed by atoms with Crippen LogP contribution in [0.1, 0.15) is 36.5 Å². The van der Waals surface area contributed by atoms with E-state index < -0.39 is 0 Å². The minimum Gasteiger partial charge on any atom is -0.454 e. The number of furan rings is 4. The van der Waals surface area contributed by atoms with E-state index >= 15 is 0 Å². The standard InChI is InChI=1S/C67H46N2O4/c1-38(2)51-37-53-52-33-41-27-29-45(68(55-21-9-5-15-39(55)3)57-23-13-19-49-47-17-7-11-25-59(47)70-64(49)57)31-43(41)35-61(52)72-66(53)67-63(51)54-34-42-28-30-46(32-44(42)36-62(54)73-67)69(56-22-10-6-16-40(56)4)58-24-14-20-50-48-18-8-12-26-60(48)71-65(50)58/h5-38H,1-4H3. The third-order valence-electron chi connectivity index (χ3n) is 15.2. The molecule has 0 aliphatic rings. The molecular weight excluding hydrogens is 897 g/mol. The van der Waals surface area contributed by atoms with Gasteiger partial charge in [-0.15, -0.1) is 0 Å². The SMILES string of the molecule is Cc1ccccc1N(c1ccc2cc3c(cc2c1)oc1c3cc(C(C)C)c2c3cc4ccc(N(c5ccccc5C)c5cccc6c5oc5ccccc56)cc4cc3oc12)c1cccc2c1oc1ccccc12. The molecule has 6 heteroatoms. The first-order valence-electron chi connectivity index (χ1n) is 25.1. The quantitative estimate of drug-likeness (QED) is 0.159. The highest BCUT2D eigenvalue weighted by Crippen LogP contribution is 2.49. The summed E-state index contributed by atoms with van der Waals surface area (Å²) >= 11 is 0. The molecule has 0 fully saturated rings. The largest absolute Gasteiger partial charge is 0.454 e. The number of anilines is 6. The maximum absolute atomic E-state index is 7.05. The molecule has 6 nitrogen and oxygen atoms in total. The lowest BCUT2D eigenvalue weighted by atomic mass is 9.94. The van der Waals surface area contributed by atoms with Crippen molar-refractivity contribution in [1.82, 2.24) is 0 Å². The van der Waals surface area contributed by atoms with Crippen molar-refractivity contribution in [3.8, 4) is 0 Å². The molecule has 0 aliphatic heterocycles. The van der Waals surface area contributed by atoms with E-state index in [1.165, 1.54) is 5.56 Å². The Morgan fingerprint density at radius 2 is 0.767 bits per heavy atom. The van der Waals surface area contributed by atoms with Crippen LogP contribution in [-0.2, 0) is 0 Å². The highest BCUT2D eigenvalue weighted by molar-refractivity contribution is 6.23.